The zero-order chi connectivity index (χ0) is 16.4. The minimum Gasteiger partial charge on any atom is -0.301 e. The molecule has 1 aliphatic rings. The Hall–Kier alpha value is -2.63. The summed E-state index contributed by atoms with van der Waals surface area (Å²) in [5.74, 6) is -2.69. The van der Waals surface area contributed by atoms with Crippen molar-refractivity contribution in [2.75, 3.05) is 0 Å². The van der Waals surface area contributed by atoms with Gasteiger partial charge in [0.2, 0.25) is 0 Å². The van der Waals surface area contributed by atoms with Crippen molar-refractivity contribution >= 4 is 11.5 Å². The molecule has 0 aliphatic carbocycles. The molecule has 2 atom stereocenters. The highest BCUT2D eigenvalue weighted by molar-refractivity contribution is 6.44. The molecule has 118 valence electrons. The number of hydrogen-bond donors (Lipinski definition) is 1. The number of alkyl halides is 3. The molecule has 0 spiro atoms. The molecule has 2 aromatic carbocycles. The van der Waals surface area contributed by atoms with Gasteiger partial charge in [0.25, 0.3) is 5.78 Å². The number of benzene rings is 2. The molecule has 1 N–H and O–H groups in total. The summed E-state index contributed by atoms with van der Waals surface area (Å²) in [5.41, 5.74) is 3.58. The molecule has 3 rings (SSSR count). The number of rotatable bonds is 3. The van der Waals surface area contributed by atoms with Crippen LogP contribution in [0.5, 0.6) is 0 Å². The highest BCUT2D eigenvalue weighted by Gasteiger charge is 2.48. The fourth-order valence-electron chi connectivity index (χ4n) is 2.72. The Kier molecular flexibility index (Phi) is 3.90. The third-order valence-corrected chi connectivity index (χ3v) is 3.76. The Morgan fingerprint density at radius 3 is 1.96 bits per heavy atom. The van der Waals surface area contributed by atoms with E-state index in [4.69, 9.17) is 0 Å². The van der Waals surface area contributed by atoms with Crippen molar-refractivity contribution in [1.29, 1.82) is 0 Å². The monoisotopic (exact) mass is 318 g/mol. The molecule has 0 amide bonds. The van der Waals surface area contributed by atoms with Crippen molar-refractivity contribution < 1.29 is 18.0 Å². The van der Waals surface area contributed by atoms with E-state index in [0.717, 1.165) is 5.56 Å². The van der Waals surface area contributed by atoms with Crippen LogP contribution in [0.15, 0.2) is 65.8 Å². The van der Waals surface area contributed by atoms with E-state index >= 15 is 0 Å². The van der Waals surface area contributed by atoms with Gasteiger partial charge in [0, 0.05) is 0 Å². The summed E-state index contributed by atoms with van der Waals surface area (Å²) in [6.07, 6.45) is -4.95. The lowest BCUT2D eigenvalue weighted by molar-refractivity contribution is -0.163. The molecule has 0 unspecified atom stereocenters. The number of nitrogens with zero attached hydrogens (tertiary/aromatic N) is 1. The SMILES string of the molecule is O=C(C1=NN[C@@H](c2ccccc2)[C@H]1c1ccccc1)C(F)(F)F. The number of Topliss-reactive ketones (excluding diaryl/α,β-unsaturated/α-hetero) is 1. The molecule has 0 saturated carbocycles. The van der Waals surface area contributed by atoms with Gasteiger partial charge in [0.1, 0.15) is 5.71 Å². The zero-order valence-corrected chi connectivity index (χ0v) is 11.9. The highest BCUT2D eigenvalue weighted by atomic mass is 19.4. The fourth-order valence-corrected chi connectivity index (χ4v) is 2.72. The van der Waals surface area contributed by atoms with E-state index in [1.165, 1.54) is 0 Å². The van der Waals surface area contributed by atoms with E-state index in [1.807, 2.05) is 6.07 Å². The standard InChI is InChI=1S/C17H13F3N2O/c18-17(19,20)16(23)15-13(11-7-3-1-4-8-11)14(21-22-15)12-9-5-2-6-10-12/h1-10,13-14,21H/t13-,14+/m1/s1. The van der Waals surface area contributed by atoms with E-state index in [1.54, 1.807) is 54.6 Å². The van der Waals surface area contributed by atoms with E-state index in [2.05, 4.69) is 10.5 Å². The summed E-state index contributed by atoms with van der Waals surface area (Å²) in [5, 5.41) is 3.71. The first-order valence-corrected chi connectivity index (χ1v) is 7.03. The van der Waals surface area contributed by atoms with Gasteiger partial charge in [0.05, 0.1) is 12.0 Å². The van der Waals surface area contributed by atoms with Gasteiger partial charge < -0.3 is 5.43 Å². The van der Waals surface area contributed by atoms with Crippen LogP contribution in [0.1, 0.15) is 23.1 Å². The van der Waals surface area contributed by atoms with E-state index in [-0.39, 0.29) is 0 Å². The summed E-state index contributed by atoms with van der Waals surface area (Å²) in [6.45, 7) is 0. The quantitative estimate of drug-likeness (QED) is 0.939. The van der Waals surface area contributed by atoms with Crippen molar-refractivity contribution in [2.24, 2.45) is 5.10 Å². The van der Waals surface area contributed by atoms with Crippen LogP contribution in [0, 0.1) is 0 Å². The number of hydrogen-bond acceptors (Lipinski definition) is 3. The molecule has 3 nitrogen and oxygen atoms in total. The van der Waals surface area contributed by atoms with Crippen LogP contribution >= 0.6 is 0 Å². The van der Waals surface area contributed by atoms with Crippen LogP contribution in [-0.2, 0) is 4.79 Å². The largest absolute Gasteiger partial charge is 0.456 e. The van der Waals surface area contributed by atoms with Gasteiger partial charge in [0.15, 0.2) is 0 Å². The summed E-state index contributed by atoms with van der Waals surface area (Å²) in [6, 6.07) is 17.1. The number of carbonyl (C=O) groups is 1. The molecular weight excluding hydrogens is 305 g/mol. The Morgan fingerprint density at radius 2 is 1.43 bits per heavy atom. The Balaban J connectivity index is 2.03. The highest BCUT2D eigenvalue weighted by Crippen LogP contribution is 2.38. The number of hydrazone groups is 1. The number of halogens is 3. The molecule has 0 bridgehead atoms. The van der Waals surface area contributed by atoms with Gasteiger partial charge in [-0.05, 0) is 11.1 Å². The summed E-state index contributed by atoms with van der Waals surface area (Å²) in [4.78, 5) is 11.7. The number of nitrogens with one attached hydrogen (secondary N) is 1. The molecule has 0 radical (unpaired) electrons. The summed E-state index contributed by atoms with van der Waals surface area (Å²) < 4.78 is 38.6. The van der Waals surface area contributed by atoms with Gasteiger partial charge >= 0.3 is 6.18 Å². The molecule has 2 aromatic rings. The first-order chi connectivity index (χ1) is 11.0. The second-order valence-corrected chi connectivity index (χ2v) is 5.23. The van der Waals surface area contributed by atoms with Gasteiger partial charge in [-0.15, -0.1) is 0 Å². The maximum Gasteiger partial charge on any atom is 0.456 e. The predicted molar refractivity (Wildman–Crippen MR) is 80.0 cm³/mol. The molecule has 1 heterocycles. The minimum absolute atomic E-state index is 0.502. The fraction of sp³-hybridized carbons (Fsp3) is 0.176. The van der Waals surface area contributed by atoms with Crippen molar-refractivity contribution in [2.45, 2.75) is 18.1 Å². The van der Waals surface area contributed by atoms with Crippen molar-refractivity contribution in [3.05, 3.63) is 71.8 Å². The molecule has 23 heavy (non-hydrogen) atoms. The second-order valence-electron chi connectivity index (χ2n) is 5.23. The lowest BCUT2D eigenvalue weighted by Gasteiger charge is -2.21. The first kappa shape index (κ1) is 15.3. The molecule has 6 heteroatoms. The van der Waals surface area contributed by atoms with E-state index in [0.29, 0.717) is 5.56 Å². The summed E-state index contributed by atoms with van der Waals surface area (Å²) >= 11 is 0. The van der Waals surface area contributed by atoms with Crippen LogP contribution < -0.4 is 5.43 Å². The molecule has 0 aromatic heterocycles. The minimum atomic E-state index is -4.95. The van der Waals surface area contributed by atoms with E-state index < -0.39 is 29.6 Å². The van der Waals surface area contributed by atoms with Crippen LogP contribution in [0.3, 0.4) is 0 Å². The molecule has 0 fully saturated rings. The van der Waals surface area contributed by atoms with Crippen LogP contribution in [0.2, 0.25) is 0 Å². The zero-order valence-electron chi connectivity index (χ0n) is 11.9. The van der Waals surface area contributed by atoms with Crippen molar-refractivity contribution in [3.8, 4) is 0 Å². The normalized spacial score (nSPS) is 20.7. The Bertz CT molecular complexity index is 727. The van der Waals surface area contributed by atoms with Crippen LogP contribution in [0.25, 0.3) is 0 Å². The van der Waals surface area contributed by atoms with Crippen LogP contribution in [0.4, 0.5) is 13.2 Å². The molecule has 1 aliphatic heterocycles. The third-order valence-electron chi connectivity index (χ3n) is 3.76. The third kappa shape index (κ3) is 2.97. The number of ketones is 1. The second kappa shape index (κ2) is 5.87. The average Bonchev–Trinajstić information content (AvgIpc) is 2.99. The average molecular weight is 318 g/mol. The topological polar surface area (TPSA) is 41.5 Å². The maximum atomic E-state index is 12.9. The first-order valence-electron chi connectivity index (χ1n) is 7.03. The smallest absolute Gasteiger partial charge is 0.301 e. The predicted octanol–water partition coefficient (Wildman–Crippen LogP) is 3.60. The van der Waals surface area contributed by atoms with Crippen molar-refractivity contribution in [3.63, 3.8) is 0 Å². The van der Waals surface area contributed by atoms with Gasteiger partial charge in [-0.25, -0.2) is 0 Å². The maximum absolute atomic E-state index is 12.9. The van der Waals surface area contributed by atoms with Gasteiger partial charge in [-0.2, -0.15) is 18.3 Å². The Morgan fingerprint density at radius 1 is 0.913 bits per heavy atom. The number of carbonyl (C=O) groups excluding carboxylic acids is 1. The molecular formula is C17H13F3N2O. The molecule has 0 saturated heterocycles. The van der Waals surface area contributed by atoms with Crippen LogP contribution in [-0.4, -0.2) is 17.7 Å². The van der Waals surface area contributed by atoms with Gasteiger partial charge in [-0.1, -0.05) is 60.7 Å². The lowest BCUT2D eigenvalue weighted by atomic mass is 9.83. The van der Waals surface area contributed by atoms with Crippen molar-refractivity contribution in [1.82, 2.24) is 5.43 Å². The lowest BCUT2D eigenvalue weighted by Crippen LogP contribution is -2.34. The van der Waals surface area contributed by atoms with Gasteiger partial charge in [-0.3, -0.25) is 4.79 Å². The van der Waals surface area contributed by atoms with E-state index in [9.17, 15) is 18.0 Å². The summed E-state index contributed by atoms with van der Waals surface area (Å²) in [7, 11) is 0. The Labute approximate surface area is 130 Å².